The average Bonchev–Trinajstić information content (AvgIpc) is 3.31. The quantitative estimate of drug-likeness (QED) is 0.485. The molecule has 3 amide bonds. The van der Waals surface area contributed by atoms with Crippen LogP contribution in [0.3, 0.4) is 0 Å². The van der Waals surface area contributed by atoms with Gasteiger partial charge >= 0.3 is 0 Å². The largest absolute Gasteiger partial charge is 0.493 e. The van der Waals surface area contributed by atoms with Gasteiger partial charge in [0, 0.05) is 30.5 Å². The molecule has 2 N–H and O–H groups in total. The van der Waals surface area contributed by atoms with Crippen LogP contribution in [0.2, 0.25) is 5.02 Å². The fourth-order valence-electron chi connectivity index (χ4n) is 3.39. The third kappa shape index (κ3) is 6.70. The topological polar surface area (TPSA) is 87.7 Å². The number of likely N-dealkylation sites (tertiary alicyclic amines) is 1. The summed E-state index contributed by atoms with van der Waals surface area (Å²) in [5.74, 6) is 0.0452. The van der Waals surface area contributed by atoms with Gasteiger partial charge in [-0.15, -0.1) is 11.3 Å². The second-order valence-corrected chi connectivity index (χ2v) is 8.83. The molecule has 2 aromatic rings. The lowest BCUT2D eigenvalue weighted by Crippen LogP contribution is -2.48. The van der Waals surface area contributed by atoms with Crippen molar-refractivity contribution in [2.45, 2.75) is 32.6 Å². The van der Waals surface area contributed by atoms with Gasteiger partial charge in [0.25, 0.3) is 5.91 Å². The van der Waals surface area contributed by atoms with Crippen molar-refractivity contribution in [1.82, 2.24) is 15.8 Å². The summed E-state index contributed by atoms with van der Waals surface area (Å²) in [7, 11) is 0. The van der Waals surface area contributed by atoms with E-state index in [9.17, 15) is 14.4 Å². The predicted molar refractivity (Wildman–Crippen MR) is 120 cm³/mol. The number of amides is 3. The molecule has 1 saturated heterocycles. The fourth-order valence-corrected chi connectivity index (χ4v) is 4.30. The van der Waals surface area contributed by atoms with Crippen molar-refractivity contribution in [2.24, 2.45) is 5.92 Å². The van der Waals surface area contributed by atoms with Gasteiger partial charge in [-0.1, -0.05) is 17.7 Å². The lowest BCUT2D eigenvalue weighted by Gasteiger charge is -2.31. The molecule has 9 heteroatoms. The molecule has 0 saturated carbocycles. The first-order valence-corrected chi connectivity index (χ1v) is 11.5. The Bertz CT molecular complexity index is 911. The van der Waals surface area contributed by atoms with E-state index in [0.29, 0.717) is 48.9 Å². The zero-order valence-electron chi connectivity index (χ0n) is 17.4. The monoisotopic (exact) mass is 463 g/mol. The number of carbonyl (C=O) groups excluding carboxylic acids is 3. The Kier molecular flexibility index (Phi) is 8.31. The molecular weight excluding hydrogens is 438 g/mol. The second-order valence-electron chi connectivity index (χ2n) is 7.44. The van der Waals surface area contributed by atoms with Crippen LogP contribution in [-0.4, -0.2) is 42.3 Å². The maximum atomic E-state index is 12.4. The number of hydrazine groups is 1. The average molecular weight is 464 g/mol. The van der Waals surface area contributed by atoms with Crippen molar-refractivity contribution in [2.75, 3.05) is 19.7 Å². The van der Waals surface area contributed by atoms with Gasteiger partial charge in [0.05, 0.1) is 11.5 Å². The van der Waals surface area contributed by atoms with Crippen LogP contribution in [0.1, 0.15) is 40.9 Å². The lowest BCUT2D eigenvalue weighted by atomic mass is 9.96. The number of piperidine rings is 1. The predicted octanol–water partition coefficient (Wildman–Crippen LogP) is 3.57. The molecule has 31 heavy (non-hydrogen) atoms. The maximum absolute atomic E-state index is 12.4. The molecule has 2 heterocycles. The summed E-state index contributed by atoms with van der Waals surface area (Å²) in [5.41, 5.74) is 5.90. The molecule has 0 unspecified atom stereocenters. The van der Waals surface area contributed by atoms with Crippen molar-refractivity contribution in [3.8, 4) is 5.75 Å². The Morgan fingerprint density at radius 2 is 1.97 bits per heavy atom. The van der Waals surface area contributed by atoms with Crippen LogP contribution in [-0.2, 0) is 9.59 Å². The van der Waals surface area contributed by atoms with E-state index in [1.54, 1.807) is 17.0 Å². The number of benzene rings is 1. The van der Waals surface area contributed by atoms with Crippen molar-refractivity contribution in [3.63, 3.8) is 0 Å². The molecule has 166 valence electrons. The normalized spacial score (nSPS) is 14.2. The summed E-state index contributed by atoms with van der Waals surface area (Å²) < 4.78 is 5.66. The van der Waals surface area contributed by atoms with E-state index in [1.165, 1.54) is 11.3 Å². The third-order valence-corrected chi connectivity index (χ3v) is 6.25. The zero-order valence-corrected chi connectivity index (χ0v) is 18.9. The van der Waals surface area contributed by atoms with Gasteiger partial charge in [-0.25, -0.2) is 0 Å². The minimum absolute atomic E-state index is 0.0122. The molecule has 7 nitrogen and oxygen atoms in total. The Morgan fingerprint density at radius 1 is 1.19 bits per heavy atom. The molecular formula is C22H26ClN3O4S. The molecule has 0 atom stereocenters. The number of ether oxygens (including phenoxy) is 1. The van der Waals surface area contributed by atoms with E-state index in [1.807, 2.05) is 30.5 Å². The molecule has 1 aliphatic rings. The molecule has 0 bridgehead atoms. The van der Waals surface area contributed by atoms with Crippen LogP contribution in [0.5, 0.6) is 5.75 Å². The van der Waals surface area contributed by atoms with Crippen molar-refractivity contribution < 1.29 is 19.1 Å². The number of thiophene rings is 1. The summed E-state index contributed by atoms with van der Waals surface area (Å²) in [6, 6.07) is 9.04. The summed E-state index contributed by atoms with van der Waals surface area (Å²) in [6.07, 6.45) is 1.91. The van der Waals surface area contributed by atoms with E-state index in [0.717, 1.165) is 11.3 Å². The number of aryl methyl sites for hydroxylation is 1. The highest BCUT2D eigenvalue weighted by Crippen LogP contribution is 2.22. The summed E-state index contributed by atoms with van der Waals surface area (Å²) in [5, 5.41) is 2.53. The van der Waals surface area contributed by atoms with Crippen molar-refractivity contribution in [1.29, 1.82) is 0 Å². The Hall–Kier alpha value is -2.58. The van der Waals surface area contributed by atoms with Crippen molar-refractivity contribution >= 4 is 40.7 Å². The first-order valence-electron chi connectivity index (χ1n) is 10.2. The number of nitrogens with one attached hydrogen (secondary N) is 2. The Labute approximate surface area is 190 Å². The van der Waals surface area contributed by atoms with Crippen LogP contribution in [0.25, 0.3) is 0 Å². The summed E-state index contributed by atoms with van der Waals surface area (Å²) >= 11 is 7.34. The highest BCUT2D eigenvalue weighted by molar-refractivity contribution is 7.12. The maximum Gasteiger partial charge on any atom is 0.263 e. The lowest BCUT2D eigenvalue weighted by molar-refractivity contribution is -0.132. The van der Waals surface area contributed by atoms with Crippen LogP contribution in [0.15, 0.2) is 35.7 Å². The van der Waals surface area contributed by atoms with Gasteiger partial charge in [-0.3, -0.25) is 25.2 Å². The first-order chi connectivity index (χ1) is 14.9. The van der Waals surface area contributed by atoms with E-state index in [4.69, 9.17) is 16.3 Å². The number of halogens is 1. The highest BCUT2D eigenvalue weighted by Gasteiger charge is 2.28. The standard InChI is InChI=1S/C22H26ClN3O4S/c1-15-14-17(23)6-7-18(15)30-12-2-5-20(27)24-25-21(28)16-8-10-26(11-9-16)22(29)19-4-3-13-31-19/h3-4,6-7,13-14,16H,2,5,8-12H2,1H3,(H,24,27)(H,25,28). The second kappa shape index (κ2) is 11.2. The van der Waals surface area contributed by atoms with Gasteiger partial charge < -0.3 is 9.64 Å². The minimum Gasteiger partial charge on any atom is -0.493 e. The Morgan fingerprint density at radius 3 is 2.65 bits per heavy atom. The highest BCUT2D eigenvalue weighted by atomic mass is 35.5. The number of nitrogens with zero attached hydrogens (tertiary/aromatic N) is 1. The van der Waals surface area contributed by atoms with Crippen LogP contribution in [0.4, 0.5) is 0 Å². The van der Waals surface area contributed by atoms with Gasteiger partial charge in [0.15, 0.2) is 0 Å². The fraction of sp³-hybridized carbons (Fsp3) is 0.409. The zero-order chi connectivity index (χ0) is 22.2. The SMILES string of the molecule is Cc1cc(Cl)ccc1OCCCC(=O)NNC(=O)C1CCN(C(=O)c2cccs2)CC1. The van der Waals surface area contributed by atoms with Crippen LogP contribution < -0.4 is 15.6 Å². The van der Waals surface area contributed by atoms with Crippen molar-refractivity contribution in [3.05, 3.63) is 51.2 Å². The van der Waals surface area contributed by atoms with E-state index >= 15 is 0 Å². The molecule has 0 spiro atoms. The van der Waals surface area contributed by atoms with Gasteiger partial charge in [0.1, 0.15) is 5.75 Å². The number of carbonyl (C=O) groups is 3. The Balaban J connectivity index is 1.30. The molecule has 1 aromatic carbocycles. The molecule has 1 fully saturated rings. The van der Waals surface area contributed by atoms with E-state index in [2.05, 4.69) is 10.9 Å². The summed E-state index contributed by atoms with van der Waals surface area (Å²) in [4.78, 5) is 39.2. The third-order valence-electron chi connectivity index (χ3n) is 5.15. The molecule has 0 aliphatic carbocycles. The first kappa shape index (κ1) is 23.1. The van der Waals surface area contributed by atoms with E-state index < -0.39 is 0 Å². The molecule has 1 aliphatic heterocycles. The van der Waals surface area contributed by atoms with Gasteiger partial charge in [-0.2, -0.15) is 0 Å². The molecule has 0 radical (unpaired) electrons. The molecule has 1 aromatic heterocycles. The number of hydrogen-bond donors (Lipinski definition) is 2. The summed E-state index contributed by atoms with van der Waals surface area (Å²) in [6.45, 7) is 3.36. The molecule has 3 rings (SSSR count). The smallest absolute Gasteiger partial charge is 0.263 e. The number of hydrogen-bond acceptors (Lipinski definition) is 5. The number of rotatable bonds is 7. The minimum atomic E-state index is -0.268. The van der Waals surface area contributed by atoms with Gasteiger partial charge in [-0.05, 0) is 61.4 Å². The van der Waals surface area contributed by atoms with Crippen LogP contribution in [0, 0.1) is 12.8 Å². The van der Waals surface area contributed by atoms with Crippen LogP contribution >= 0.6 is 22.9 Å². The van der Waals surface area contributed by atoms with E-state index in [-0.39, 0.29) is 30.1 Å². The van der Waals surface area contributed by atoms with Gasteiger partial charge in [0.2, 0.25) is 11.8 Å².